The largest absolute Gasteiger partial charge is 0.416 e. The van der Waals surface area contributed by atoms with Crippen molar-refractivity contribution in [3.63, 3.8) is 0 Å². The molecule has 1 aliphatic rings. The van der Waals surface area contributed by atoms with E-state index >= 15 is 0 Å². The van der Waals surface area contributed by atoms with Gasteiger partial charge in [0.15, 0.2) is 0 Å². The number of piperazine rings is 1. The molecule has 1 aliphatic heterocycles. The summed E-state index contributed by atoms with van der Waals surface area (Å²) in [4.78, 5) is 14.1. The molecule has 0 radical (unpaired) electrons. The highest BCUT2D eigenvalue weighted by Gasteiger charge is 2.30. The highest BCUT2D eigenvalue weighted by molar-refractivity contribution is 5.85. The molecule has 1 atom stereocenters. The fourth-order valence-electron chi connectivity index (χ4n) is 2.47. The Balaban J connectivity index is 0.00000242. The lowest BCUT2D eigenvalue weighted by molar-refractivity contribution is -0.138. The summed E-state index contributed by atoms with van der Waals surface area (Å²) >= 11 is 0. The first-order valence-corrected chi connectivity index (χ1v) is 7.03. The third kappa shape index (κ3) is 4.88. The summed E-state index contributed by atoms with van der Waals surface area (Å²) in [6.45, 7) is 4.78. The third-order valence-corrected chi connectivity index (χ3v) is 3.67. The molecule has 0 saturated carbocycles. The summed E-state index contributed by atoms with van der Waals surface area (Å²) in [5.41, 5.74) is 0.0892. The summed E-state index contributed by atoms with van der Waals surface area (Å²) in [5, 5.41) is 3.18. The Hall–Kier alpha value is -1.27. The lowest BCUT2D eigenvalue weighted by Gasteiger charge is -2.29. The highest BCUT2D eigenvalue weighted by Crippen LogP contribution is 2.29. The van der Waals surface area contributed by atoms with Gasteiger partial charge < -0.3 is 10.2 Å². The standard InChI is InChI=1S/C15H19F3N2O.ClH/c1-11(14(21)20-8-6-19-7-9-20)10-12-2-4-13(5-3-12)15(16,17)18;/h2-5,11,19H,6-10H2,1H3;1H. The van der Waals surface area contributed by atoms with Crippen LogP contribution in [-0.4, -0.2) is 37.0 Å². The molecular weight excluding hydrogens is 317 g/mol. The van der Waals surface area contributed by atoms with Gasteiger partial charge in [0.25, 0.3) is 0 Å². The van der Waals surface area contributed by atoms with E-state index in [9.17, 15) is 18.0 Å². The number of hydrogen-bond donors (Lipinski definition) is 1. The minimum Gasteiger partial charge on any atom is -0.340 e. The van der Waals surface area contributed by atoms with Crippen molar-refractivity contribution >= 4 is 18.3 Å². The van der Waals surface area contributed by atoms with Crippen LogP contribution in [0.3, 0.4) is 0 Å². The molecule has 2 rings (SSSR count). The van der Waals surface area contributed by atoms with Gasteiger partial charge in [-0.25, -0.2) is 0 Å². The zero-order valence-electron chi connectivity index (χ0n) is 12.3. The molecule has 1 fully saturated rings. The molecule has 0 spiro atoms. The SMILES string of the molecule is CC(Cc1ccc(C(F)(F)F)cc1)C(=O)N1CCNCC1.Cl. The van der Waals surface area contributed by atoms with Crippen LogP contribution in [0.15, 0.2) is 24.3 Å². The van der Waals surface area contributed by atoms with E-state index < -0.39 is 11.7 Å². The number of benzene rings is 1. The number of carbonyl (C=O) groups is 1. The van der Waals surface area contributed by atoms with Crippen LogP contribution in [0.2, 0.25) is 0 Å². The van der Waals surface area contributed by atoms with Gasteiger partial charge in [-0.2, -0.15) is 13.2 Å². The van der Waals surface area contributed by atoms with E-state index in [2.05, 4.69) is 5.32 Å². The minimum absolute atomic E-state index is 0. The molecule has 0 bridgehead atoms. The first-order chi connectivity index (χ1) is 9.88. The van der Waals surface area contributed by atoms with E-state index in [0.29, 0.717) is 19.5 Å². The molecule has 7 heteroatoms. The normalized spacial score (nSPS) is 16.8. The summed E-state index contributed by atoms with van der Waals surface area (Å²) in [6, 6.07) is 5.03. The van der Waals surface area contributed by atoms with Crippen molar-refractivity contribution in [3.05, 3.63) is 35.4 Å². The molecular formula is C15H20ClF3N2O. The Morgan fingerprint density at radius 1 is 1.23 bits per heavy atom. The van der Waals surface area contributed by atoms with Crippen molar-refractivity contribution in [2.24, 2.45) is 5.92 Å². The number of nitrogens with zero attached hydrogens (tertiary/aromatic N) is 1. The molecule has 3 nitrogen and oxygen atoms in total. The zero-order chi connectivity index (χ0) is 15.5. The molecule has 124 valence electrons. The van der Waals surface area contributed by atoms with E-state index in [-0.39, 0.29) is 24.2 Å². The first kappa shape index (κ1) is 18.8. The van der Waals surface area contributed by atoms with Crippen molar-refractivity contribution in [3.8, 4) is 0 Å². The van der Waals surface area contributed by atoms with Gasteiger partial charge in [-0.3, -0.25) is 4.79 Å². The predicted molar refractivity (Wildman–Crippen MR) is 81.0 cm³/mol. The molecule has 0 aliphatic carbocycles. The van der Waals surface area contributed by atoms with Crippen molar-refractivity contribution < 1.29 is 18.0 Å². The van der Waals surface area contributed by atoms with E-state index in [1.807, 2.05) is 11.8 Å². The summed E-state index contributed by atoms with van der Waals surface area (Å²) in [6.07, 6.45) is -3.86. The smallest absolute Gasteiger partial charge is 0.340 e. The Kier molecular flexibility index (Phi) is 6.68. The van der Waals surface area contributed by atoms with Crippen LogP contribution in [0.4, 0.5) is 13.2 Å². The molecule has 0 aromatic heterocycles. The first-order valence-electron chi connectivity index (χ1n) is 7.03. The van der Waals surface area contributed by atoms with Gasteiger partial charge in [-0.15, -0.1) is 12.4 Å². The van der Waals surface area contributed by atoms with E-state index in [1.54, 1.807) is 0 Å². The molecule has 1 aromatic rings. The van der Waals surface area contributed by atoms with Gasteiger partial charge in [0.1, 0.15) is 0 Å². The number of alkyl halides is 3. The summed E-state index contributed by atoms with van der Waals surface area (Å²) in [7, 11) is 0. The summed E-state index contributed by atoms with van der Waals surface area (Å²) < 4.78 is 37.5. The predicted octanol–water partition coefficient (Wildman–Crippen LogP) is 2.74. The molecule has 1 saturated heterocycles. The Labute approximate surface area is 134 Å². The molecule has 1 N–H and O–H groups in total. The topological polar surface area (TPSA) is 32.3 Å². The van der Waals surface area contributed by atoms with Crippen LogP contribution in [0.25, 0.3) is 0 Å². The van der Waals surface area contributed by atoms with Crippen LogP contribution in [0, 0.1) is 5.92 Å². The monoisotopic (exact) mass is 336 g/mol. The Morgan fingerprint density at radius 2 is 1.77 bits per heavy atom. The van der Waals surface area contributed by atoms with E-state index in [1.165, 1.54) is 12.1 Å². The lowest BCUT2D eigenvalue weighted by atomic mass is 9.98. The minimum atomic E-state index is -4.32. The van der Waals surface area contributed by atoms with Crippen LogP contribution in [0.5, 0.6) is 0 Å². The van der Waals surface area contributed by atoms with E-state index in [0.717, 1.165) is 30.8 Å². The average molecular weight is 337 g/mol. The van der Waals surface area contributed by atoms with Crippen LogP contribution in [0.1, 0.15) is 18.1 Å². The average Bonchev–Trinajstić information content (AvgIpc) is 2.47. The molecule has 1 amide bonds. The molecule has 22 heavy (non-hydrogen) atoms. The quantitative estimate of drug-likeness (QED) is 0.920. The second-order valence-electron chi connectivity index (χ2n) is 5.38. The van der Waals surface area contributed by atoms with E-state index in [4.69, 9.17) is 0 Å². The van der Waals surface area contributed by atoms with Gasteiger partial charge in [0.05, 0.1) is 5.56 Å². The molecule has 1 heterocycles. The maximum atomic E-state index is 12.5. The molecule has 1 aromatic carbocycles. The van der Waals surface area contributed by atoms with Crippen LogP contribution in [-0.2, 0) is 17.4 Å². The van der Waals surface area contributed by atoms with Crippen LogP contribution >= 0.6 is 12.4 Å². The van der Waals surface area contributed by atoms with Crippen molar-refractivity contribution in [2.75, 3.05) is 26.2 Å². The van der Waals surface area contributed by atoms with Crippen molar-refractivity contribution in [2.45, 2.75) is 19.5 Å². The maximum Gasteiger partial charge on any atom is 0.416 e. The Bertz CT molecular complexity index is 485. The second-order valence-corrected chi connectivity index (χ2v) is 5.38. The number of hydrogen-bond acceptors (Lipinski definition) is 2. The van der Waals surface area contributed by atoms with Gasteiger partial charge in [0, 0.05) is 32.1 Å². The van der Waals surface area contributed by atoms with Crippen molar-refractivity contribution in [1.29, 1.82) is 0 Å². The number of halogens is 4. The van der Waals surface area contributed by atoms with Gasteiger partial charge in [-0.1, -0.05) is 19.1 Å². The highest BCUT2D eigenvalue weighted by atomic mass is 35.5. The fourth-order valence-corrected chi connectivity index (χ4v) is 2.47. The van der Waals surface area contributed by atoms with Gasteiger partial charge in [-0.05, 0) is 24.1 Å². The second kappa shape index (κ2) is 7.83. The Morgan fingerprint density at radius 3 is 2.27 bits per heavy atom. The van der Waals surface area contributed by atoms with Crippen LogP contribution < -0.4 is 5.32 Å². The third-order valence-electron chi connectivity index (χ3n) is 3.67. The fraction of sp³-hybridized carbons (Fsp3) is 0.533. The van der Waals surface area contributed by atoms with Gasteiger partial charge in [0.2, 0.25) is 5.91 Å². The van der Waals surface area contributed by atoms with Crippen molar-refractivity contribution in [1.82, 2.24) is 10.2 Å². The summed E-state index contributed by atoms with van der Waals surface area (Å²) in [5.74, 6) is -0.156. The lowest BCUT2D eigenvalue weighted by Crippen LogP contribution is -2.48. The van der Waals surface area contributed by atoms with Gasteiger partial charge >= 0.3 is 6.18 Å². The number of nitrogens with one attached hydrogen (secondary N) is 1. The number of amides is 1. The number of rotatable bonds is 3. The zero-order valence-corrected chi connectivity index (χ0v) is 13.1. The maximum absolute atomic E-state index is 12.5. The number of carbonyl (C=O) groups excluding carboxylic acids is 1. The molecule has 1 unspecified atom stereocenters.